The van der Waals surface area contributed by atoms with Gasteiger partial charge in [-0.05, 0) is 30.5 Å². The van der Waals surface area contributed by atoms with Crippen molar-refractivity contribution < 1.29 is 8.42 Å². The Labute approximate surface area is 98.1 Å². The van der Waals surface area contributed by atoms with E-state index in [9.17, 15) is 8.42 Å². The molecule has 0 radical (unpaired) electrons. The minimum Gasteiger partial charge on any atom is -0.273 e. The smallest absolute Gasteiger partial charge is 0.234 e. The van der Waals surface area contributed by atoms with Crippen LogP contribution >= 0.6 is 0 Å². The van der Waals surface area contributed by atoms with Gasteiger partial charge in [0.05, 0.1) is 11.4 Å². The third kappa shape index (κ3) is 2.98. The molecular formula is C12H19NO2S. The number of sulfonamides is 1. The summed E-state index contributed by atoms with van der Waals surface area (Å²) in [5.74, 6) is 0.193. The van der Waals surface area contributed by atoms with Gasteiger partial charge >= 0.3 is 0 Å². The van der Waals surface area contributed by atoms with Crippen molar-refractivity contribution in [3.63, 3.8) is 0 Å². The second-order valence-electron chi connectivity index (χ2n) is 3.80. The highest BCUT2D eigenvalue weighted by Gasteiger charge is 2.16. The Bertz CT molecular complexity index is 423. The zero-order chi connectivity index (χ0) is 12.2. The van der Waals surface area contributed by atoms with E-state index in [0.717, 1.165) is 12.1 Å². The lowest BCUT2D eigenvalue weighted by Gasteiger charge is -2.19. The maximum atomic E-state index is 11.8. The predicted octanol–water partition coefficient (Wildman–Crippen LogP) is 2.43. The molecule has 0 bridgehead atoms. The summed E-state index contributed by atoms with van der Waals surface area (Å²) in [5, 5.41) is 0. The van der Waals surface area contributed by atoms with Gasteiger partial charge in [0.2, 0.25) is 10.0 Å². The van der Waals surface area contributed by atoms with Crippen LogP contribution in [0.15, 0.2) is 24.3 Å². The normalized spacial score (nSPS) is 11.4. The van der Waals surface area contributed by atoms with Gasteiger partial charge in [0.15, 0.2) is 0 Å². The summed E-state index contributed by atoms with van der Waals surface area (Å²) < 4.78 is 25.0. The predicted molar refractivity (Wildman–Crippen MR) is 68.3 cm³/mol. The Hall–Kier alpha value is -1.03. The zero-order valence-electron chi connectivity index (χ0n) is 10.1. The van der Waals surface area contributed by atoms with Gasteiger partial charge in [0, 0.05) is 7.05 Å². The summed E-state index contributed by atoms with van der Waals surface area (Å²) >= 11 is 0. The average molecular weight is 241 g/mol. The SMILES string of the molecule is CCCS(=O)(=O)N(C)c1ccc(CC)cc1. The Morgan fingerprint density at radius 2 is 1.69 bits per heavy atom. The molecule has 4 heteroatoms. The van der Waals surface area contributed by atoms with E-state index in [4.69, 9.17) is 0 Å². The molecule has 90 valence electrons. The molecule has 0 spiro atoms. The Morgan fingerprint density at radius 1 is 1.12 bits per heavy atom. The number of hydrogen-bond acceptors (Lipinski definition) is 2. The highest BCUT2D eigenvalue weighted by Crippen LogP contribution is 2.17. The van der Waals surface area contributed by atoms with E-state index in [1.54, 1.807) is 7.05 Å². The lowest BCUT2D eigenvalue weighted by atomic mass is 10.1. The van der Waals surface area contributed by atoms with Crippen LogP contribution in [0.1, 0.15) is 25.8 Å². The molecule has 3 nitrogen and oxygen atoms in total. The van der Waals surface area contributed by atoms with Crippen LogP contribution in [0.4, 0.5) is 5.69 Å². The second-order valence-corrected chi connectivity index (χ2v) is 5.92. The molecule has 0 unspecified atom stereocenters. The summed E-state index contributed by atoms with van der Waals surface area (Å²) in [6, 6.07) is 7.64. The molecule has 0 amide bonds. The van der Waals surface area contributed by atoms with E-state index in [2.05, 4.69) is 6.92 Å². The van der Waals surface area contributed by atoms with Crippen molar-refractivity contribution in [2.24, 2.45) is 0 Å². The van der Waals surface area contributed by atoms with E-state index in [-0.39, 0.29) is 5.75 Å². The minimum atomic E-state index is -3.15. The van der Waals surface area contributed by atoms with E-state index in [1.165, 1.54) is 9.87 Å². The van der Waals surface area contributed by atoms with Gasteiger partial charge in [-0.15, -0.1) is 0 Å². The van der Waals surface area contributed by atoms with E-state index >= 15 is 0 Å². The van der Waals surface area contributed by atoms with Crippen LogP contribution in [0, 0.1) is 0 Å². The first kappa shape index (κ1) is 13.0. The summed E-state index contributed by atoms with van der Waals surface area (Å²) in [6.07, 6.45) is 1.60. The fourth-order valence-corrected chi connectivity index (χ4v) is 2.73. The van der Waals surface area contributed by atoms with Gasteiger partial charge in [-0.2, -0.15) is 0 Å². The van der Waals surface area contributed by atoms with E-state index < -0.39 is 10.0 Å². The van der Waals surface area contributed by atoms with Crippen LogP contribution in [0.5, 0.6) is 0 Å². The van der Waals surface area contributed by atoms with Crippen molar-refractivity contribution in [2.45, 2.75) is 26.7 Å². The lowest BCUT2D eigenvalue weighted by Crippen LogP contribution is -2.28. The van der Waals surface area contributed by atoms with Crippen molar-refractivity contribution in [2.75, 3.05) is 17.1 Å². The van der Waals surface area contributed by atoms with Gasteiger partial charge in [-0.1, -0.05) is 26.0 Å². The molecule has 1 aromatic rings. The number of aryl methyl sites for hydroxylation is 1. The van der Waals surface area contributed by atoms with Crippen molar-refractivity contribution in [3.05, 3.63) is 29.8 Å². The number of nitrogens with zero attached hydrogens (tertiary/aromatic N) is 1. The molecule has 0 atom stereocenters. The lowest BCUT2D eigenvalue weighted by molar-refractivity contribution is 0.593. The number of benzene rings is 1. The first-order chi connectivity index (χ1) is 7.51. The van der Waals surface area contributed by atoms with Gasteiger partial charge in [-0.3, -0.25) is 4.31 Å². The Balaban J connectivity index is 2.92. The Morgan fingerprint density at radius 3 is 2.12 bits per heavy atom. The standard InChI is InChI=1S/C12H19NO2S/c1-4-10-16(14,15)13(3)12-8-6-11(5-2)7-9-12/h6-9H,4-5,10H2,1-3H3. The summed E-state index contributed by atoms with van der Waals surface area (Å²) in [6.45, 7) is 3.94. The third-order valence-corrected chi connectivity index (χ3v) is 4.56. The molecule has 0 aliphatic rings. The van der Waals surface area contributed by atoms with Crippen molar-refractivity contribution in [1.29, 1.82) is 0 Å². The first-order valence-electron chi connectivity index (χ1n) is 5.56. The molecule has 1 rings (SSSR count). The number of rotatable bonds is 5. The van der Waals surface area contributed by atoms with E-state index in [0.29, 0.717) is 6.42 Å². The zero-order valence-corrected chi connectivity index (χ0v) is 10.9. The van der Waals surface area contributed by atoms with Crippen LogP contribution in [-0.2, 0) is 16.4 Å². The van der Waals surface area contributed by atoms with Gasteiger partial charge in [0.1, 0.15) is 0 Å². The van der Waals surface area contributed by atoms with Gasteiger partial charge in [0.25, 0.3) is 0 Å². The summed E-state index contributed by atoms with van der Waals surface area (Å²) in [4.78, 5) is 0. The molecule has 0 aliphatic heterocycles. The molecular weight excluding hydrogens is 222 g/mol. The van der Waals surface area contributed by atoms with Crippen molar-refractivity contribution >= 4 is 15.7 Å². The van der Waals surface area contributed by atoms with Crippen LogP contribution in [-0.4, -0.2) is 21.2 Å². The molecule has 16 heavy (non-hydrogen) atoms. The minimum absolute atomic E-state index is 0.193. The molecule has 0 saturated carbocycles. The van der Waals surface area contributed by atoms with Gasteiger partial charge < -0.3 is 0 Å². The molecule has 0 N–H and O–H groups in total. The third-order valence-electron chi connectivity index (χ3n) is 2.59. The van der Waals surface area contributed by atoms with Gasteiger partial charge in [-0.25, -0.2) is 8.42 Å². The molecule has 0 aliphatic carbocycles. The Kier molecular flexibility index (Phi) is 4.35. The highest BCUT2D eigenvalue weighted by molar-refractivity contribution is 7.92. The van der Waals surface area contributed by atoms with Crippen LogP contribution < -0.4 is 4.31 Å². The van der Waals surface area contributed by atoms with Crippen molar-refractivity contribution in [1.82, 2.24) is 0 Å². The topological polar surface area (TPSA) is 37.4 Å². The number of anilines is 1. The molecule has 0 saturated heterocycles. The summed E-state index contributed by atoms with van der Waals surface area (Å²) in [5.41, 5.74) is 1.94. The fourth-order valence-electron chi connectivity index (χ4n) is 1.50. The quantitative estimate of drug-likeness (QED) is 0.794. The molecule has 0 fully saturated rings. The molecule has 1 aromatic carbocycles. The largest absolute Gasteiger partial charge is 0.273 e. The second kappa shape index (κ2) is 5.34. The van der Waals surface area contributed by atoms with E-state index in [1.807, 2.05) is 31.2 Å². The number of hydrogen-bond donors (Lipinski definition) is 0. The molecule has 0 aromatic heterocycles. The van der Waals surface area contributed by atoms with Crippen LogP contribution in [0.25, 0.3) is 0 Å². The monoisotopic (exact) mass is 241 g/mol. The van der Waals surface area contributed by atoms with Crippen molar-refractivity contribution in [3.8, 4) is 0 Å². The average Bonchev–Trinajstić information content (AvgIpc) is 2.28. The van der Waals surface area contributed by atoms with Crippen LogP contribution in [0.2, 0.25) is 0 Å². The highest BCUT2D eigenvalue weighted by atomic mass is 32.2. The first-order valence-corrected chi connectivity index (χ1v) is 7.17. The maximum absolute atomic E-state index is 11.8. The molecule has 0 heterocycles. The maximum Gasteiger partial charge on any atom is 0.234 e. The summed E-state index contributed by atoms with van der Waals surface area (Å²) in [7, 11) is -1.55. The fraction of sp³-hybridized carbons (Fsp3) is 0.500. The van der Waals surface area contributed by atoms with Crippen LogP contribution in [0.3, 0.4) is 0 Å².